The number of carbonyl (C=O) groups is 2. The number of benzene rings is 6. The third-order valence-corrected chi connectivity index (χ3v) is 9.77. The van der Waals surface area contributed by atoms with Crippen molar-refractivity contribution in [2.45, 2.75) is 76.3 Å². The third-order valence-electron chi connectivity index (χ3n) is 9.77. The molecule has 292 valence electrons. The second kappa shape index (κ2) is 20.7. The number of rotatable bonds is 10. The van der Waals surface area contributed by atoms with Gasteiger partial charge in [0.1, 0.15) is 0 Å². The quantitative estimate of drug-likeness (QED) is 0.157. The molecule has 0 aliphatic carbocycles. The zero-order valence-corrected chi connectivity index (χ0v) is 33.8. The summed E-state index contributed by atoms with van der Waals surface area (Å²) in [6.07, 6.45) is 2.32. The molecule has 6 rings (SSSR count). The standard InChI is InChI=1S/2C20H16O2.2C5H13N/c2*21-19(22)20(16-10-4-1-5-11-16,17-12-6-2-7-13-17)18-14-8-3-9-15-18;2*1-4-5(2,3)6/h2*1-15H,(H,21,22);2*4,6H2,1-3H3. The van der Waals surface area contributed by atoms with Crippen LogP contribution in [0.4, 0.5) is 0 Å². The molecule has 56 heavy (non-hydrogen) atoms. The zero-order chi connectivity index (χ0) is 41.2. The summed E-state index contributed by atoms with van der Waals surface area (Å²) in [5.41, 5.74) is 9.85. The van der Waals surface area contributed by atoms with Crippen molar-refractivity contribution in [2.24, 2.45) is 0 Å². The average molecular weight is 751 g/mol. The van der Waals surface area contributed by atoms with E-state index in [1.54, 1.807) is 0 Å². The van der Waals surface area contributed by atoms with Crippen LogP contribution in [0.3, 0.4) is 0 Å². The van der Waals surface area contributed by atoms with Crippen molar-refractivity contribution < 1.29 is 31.3 Å². The van der Waals surface area contributed by atoms with Crippen LogP contribution in [0, 0.1) is 0 Å². The number of carboxylic acid groups (broad SMARTS) is 2. The van der Waals surface area contributed by atoms with Crippen LogP contribution in [0.2, 0.25) is 0 Å². The number of hydrogen-bond donors (Lipinski definition) is 2. The smallest absolute Gasteiger partial charge is 0.0886 e. The number of hydrogen-bond acceptors (Lipinski definition) is 4. The molecule has 0 aliphatic rings. The molecule has 0 saturated heterocycles. The first kappa shape index (κ1) is 44.6. The van der Waals surface area contributed by atoms with E-state index in [-0.39, 0.29) is 0 Å². The lowest BCUT2D eigenvalue weighted by Crippen LogP contribution is -2.68. The Labute approximate surface area is 333 Å². The Morgan fingerprint density at radius 2 is 0.500 bits per heavy atom. The molecule has 6 aromatic carbocycles. The van der Waals surface area contributed by atoms with Crippen molar-refractivity contribution in [3.05, 3.63) is 215 Å². The van der Waals surface area contributed by atoms with E-state index in [9.17, 15) is 19.8 Å². The molecule has 0 aromatic heterocycles. The highest BCUT2D eigenvalue weighted by Crippen LogP contribution is 2.40. The number of quaternary nitrogens is 2. The van der Waals surface area contributed by atoms with Gasteiger partial charge in [0.15, 0.2) is 0 Å². The second-order valence-corrected chi connectivity index (χ2v) is 15.3. The molecule has 0 radical (unpaired) electrons. The van der Waals surface area contributed by atoms with Gasteiger partial charge in [-0.3, -0.25) is 0 Å². The molecule has 0 saturated carbocycles. The molecule has 0 unspecified atom stereocenters. The fourth-order valence-corrected chi connectivity index (χ4v) is 5.84. The van der Waals surface area contributed by atoms with Gasteiger partial charge in [-0.15, -0.1) is 0 Å². The maximum absolute atomic E-state index is 12.3. The summed E-state index contributed by atoms with van der Waals surface area (Å²) in [7, 11) is 0. The third kappa shape index (κ3) is 11.6. The SMILES string of the molecule is CCC(C)(C)[NH3+].CCC(C)(C)[NH3+].O=C([O-])C(c1ccccc1)(c1ccccc1)c1ccccc1.O=C([O-])C(c1ccccc1)(c1ccccc1)c1ccccc1. The molecule has 6 N–H and O–H groups in total. The summed E-state index contributed by atoms with van der Waals surface area (Å²) in [6, 6.07) is 55.4. The molecule has 0 fully saturated rings. The highest BCUT2D eigenvalue weighted by molar-refractivity contribution is 5.90. The van der Waals surface area contributed by atoms with E-state index in [0.717, 1.165) is 12.8 Å². The van der Waals surface area contributed by atoms with Crippen LogP contribution in [-0.2, 0) is 20.4 Å². The summed E-state index contributed by atoms with van der Waals surface area (Å²) in [5.74, 6) is -2.26. The predicted molar refractivity (Wildman–Crippen MR) is 223 cm³/mol. The van der Waals surface area contributed by atoms with Crippen LogP contribution < -0.4 is 21.7 Å². The first-order valence-electron chi connectivity index (χ1n) is 19.1. The number of carboxylic acids is 2. The Morgan fingerprint density at radius 1 is 0.375 bits per heavy atom. The van der Waals surface area contributed by atoms with Crippen molar-refractivity contribution >= 4 is 11.9 Å². The molecule has 0 aliphatic heterocycles. The summed E-state index contributed by atoms with van der Waals surface area (Å²) >= 11 is 0. The molecule has 6 nitrogen and oxygen atoms in total. The van der Waals surface area contributed by atoms with Gasteiger partial charge in [-0.1, -0.05) is 196 Å². The highest BCUT2D eigenvalue weighted by Gasteiger charge is 2.39. The maximum Gasteiger partial charge on any atom is 0.0886 e. The lowest BCUT2D eigenvalue weighted by atomic mass is 9.69. The molecule has 0 heterocycles. The average Bonchev–Trinajstić information content (AvgIpc) is 3.21. The fraction of sp³-hybridized carbons (Fsp3) is 0.240. The predicted octanol–water partition coefficient (Wildman–Crippen LogP) is 6.38. The van der Waals surface area contributed by atoms with E-state index in [0.29, 0.717) is 44.5 Å². The topological polar surface area (TPSA) is 136 Å². The van der Waals surface area contributed by atoms with Gasteiger partial charge in [-0.05, 0) is 73.9 Å². The Bertz CT molecular complexity index is 1660. The lowest BCUT2D eigenvalue weighted by molar-refractivity contribution is -0.466. The summed E-state index contributed by atoms with van der Waals surface area (Å²) in [4.78, 5) is 24.6. The van der Waals surface area contributed by atoms with Crippen LogP contribution in [0.15, 0.2) is 182 Å². The molecular weight excluding hydrogens is 693 g/mol. The first-order valence-corrected chi connectivity index (χ1v) is 19.1. The Kier molecular flexibility index (Phi) is 16.5. The normalized spacial score (nSPS) is 11.3. The molecule has 0 bridgehead atoms. The fourth-order valence-electron chi connectivity index (χ4n) is 5.84. The van der Waals surface area contributed by atoms with E-state index >= 15 is 0 Å². The van der Waals surface area contributed by atoms with E-state index in [1.807, 2.05) is 182 Å². The summed E-state index contributed by atoms with van der Waals surface area (Å²) in [5, 5.41) is 24.6. The molecule has 0 spiro atoms. The minimum atomic E-state index is -1.32. The van der Waals surface area contributed by atoms with Gasteiger partial charge in [0, 0.05) is 0 Å². The van der Waals surface area contributed by atoms with Gasteiger partial charge in [-0.2, -0.15) is 0 Å². The minimum absolute atomic E-state index is 0.292. The molecule has 0 amide bonds. The number of carbonyl (C=O) groups excluding carboxylic acids is 2. The maximum atomic E-state index is 12.3. The molecular formula is C50H58N2O4. The van der Waals surface area contributed by atoms with Gasteiger partial charge in [0.25, 0.3) is 0 Å². The molecule has 6 aromatic rings. The summed E-state index contributed by atoms with van der Waals surface area (Å²) < 4.78 is 0. The summed E-state index contributed by atoms with van der Waals surface area (Å²) in [6.45, 7) is 12.8. The van der Waals surface area contributed by atoms with Gasteiger partial charge in [-0.25, -0.2) is 0 Å². The van der Waals surface area contributed by atoms with Crippen molar-refractivity contribution in [3.8, 4) is 0 Å². The van der Waals surface area contributed by atoms with E-state index in [1.165, 1.54) is 0 Å². The van der Waals surface area contributed by atoms with Crippen LogP contribution >= 0.6 is 0 Å². The van der Waals surface area contributed by atoms with Gasteiger partial charge in [0.05, 0.1) is 33.8 Å². The van der Waals surface area contributed by atoms with Gasteiger partial charge < -0.3 is 31.3 Å². The van der Waals surface area contributed by atoms with Gasteiger partial charge in [0.2, 0.25) is 0 Å². The molecule has 0 atom stereocenters. The first-order chi connectivity index (χ1) is 26.6. The van der Waals surface area contributed by atoms with Crippen LogP contribution in [0.5, 0.6) is 0 Å². The molecule has 6 heteroatoms. The Morgan fingerprint density at radius 3 is 0.589 bits per heavy atom. The van der Waals surface area contributed by atoms with Crippen LogP contribution in [-0.4, -0.2) is 23.0 Å². The lowest BCUT2D eigenvalue weighted by Gasteiger charge is -2.36. The van der Waals surface area contributed by atoms with E-state index in [4.69, 9.17) is 0 Å². The van der Waals surface area contributed by atoms with Crippen LogP contribution in [0.25, 0.3) is 0 Å². The van der Waals surface area contributed by atoms with Crippen molar-refractivity contribution in [1.82, 2.24) is 0 Å². The van der Waals surface area contributed by atoms with E-state index in [2.05, 4.69) is 53.0 Å². The van der Waals surface area contributed by atoms with Crippen molar-refractivity contribution in [1.29, 1.82) is 0 Å². The van der Waals surface area contributed by atoms with Crippen LogP contribution in [0.1, 0.15) is 87.8 Å². The Balaban J connectivity index is 0.000000234. The minimum Gasteiger partial charge on any atom is -0.548 e. The van der Waals surface area contributed by atoms with Crippen molar-refractivity contribution in [3.63, 3.8) is 0 Å². The van der Waals surface area contributed by atoms with Gasteiger partial charge >= 0.3 is 0 Å². The highest BCUT2D eigenvalue weighted by atomic mass is 16.4. The second-order valence-electron chi connectivity index (χ2n) is 15.3. The Hall–Kier alpha value is -5.82. The number of aliphatic carboxylic acids is 2. The zero-order valence-electron chi connectivity index (χ0n) is 33.8. The van der Waals surface area contributed by atoms with Crippen molar-refractivity contribution in [2.75, 3.05) is 0 Å². The van der Waals surface area contributed by atoms with E-state index < -0.39 is 22.8 Å². The monoisotopic (exact) mass is 750 g/mol. The largest absolute Gasteiger partial charge is 0.548 e.